The first-order valence-electron chi connectivity index (χ1n) is 5.01. The Morgan fingerprint density at radius 2 is 2.33 bits per heavy atom. The molecule has 0 saturated carbocycles. The molecule has 0 bridgehead atoms. The number of nitrogens with zero attached hydrogens (tertiary/aromatic N) is 3. The van der Waals surface area contributed by atoms with Gasteiger partial charge in [-0.05, 0) is 22.0 Å². The molecule has 0 radical (unpaired) electrons. The van der Waals surface area contributed by atoms with E-state index in [2.05, 4.69) is 9.97 Å². The number of hydrogen-bond donors (Lipinski definition) is 1. The van der Waals surface area contributed by atoms with Gasteiger partial charge in [-0.25, -0.2) is 4.98 Å². The van der Waals surface area contributed by atoms with Gasteiger partial charge >= 0.3 is 5.82 Å². The Morgan fingerprint density at radius 1 is 1.56 bits per heavy atom. The summed E-state index contributed by atoms with van der Waals surface area (Å²) in [5.74, 6) is -0.148. The van der Waals surface area contributed by atoms with Crippen LogP contribution in [0.25, 0.3) is 0 Å². The molecule has 0 saturated heterocycles. The van der Waals surface area contributed by atoms with Crippen molar-refractivity contribution in [2.24, 2.45) is 0 Å². The molecule has 18 heavy (non-hydrogen) atoms. The predicted molar refractivity (Wildman–Crippen MR) is 66.5 cm³/mol. The van der Waals surface area contributed by atoms with Crippen molar-refractivity contribution >= 4 is 22.3 Å². The number of anilines is 1. The van der Waals surface area contributed by atoms with Crippen molar-refractivity contribution < 1.29 is 9.66 Å². The normalized spacial score (nSPS) is 10.3. The summed E-state index contributed by atoms with van der Waals surface area (Å²) in [7, 11) is 0. The van der Waals surface area contributed by atoms with Gasteiger partial charge in [0.25, 0.3) is 0 Å². The van der Waals surface area contributed by atoms with E-state index in [-0.39, 0.29) is 18.2 Å². The second-order valence-corrected chi connectivity index (χ2v) is 4.63. The lowest BCUT2D eigenvalue weighted by Gasteiger charge is -2.04. The zero-order valence-corrected chi connectivity index (χ0v) is 10.3. The standard InChI is InChI=1S/C10H10N4O3S/c1-6-2-3-8(9(13-6)14(15)16)17-5-7-4-12-10(11)18-7/h2-4H,5H2,1H3,(H2,11,12). The molecule has 2 N–H and O–H groups in total. The Morgan fingerprint density at radius 3 is 2.94 bits per heavy atom. The highest BCUT2D eigenvalue weighted by atomic mass is 32.1. The van der Waals surface area contributed by atoms with E-state index in [1.807, 2.05) is 0 Å². The Labute approximate surface area is 106 Å². The number of aromatic nitrogens is 2. The van der Waals surface area contributed by atoms with Crippen molar-refractivity contribution in [1.29, 1.82) is 0 Å². The number of aryl methyl sites for hydroxylation is 1. The number of hydrogen-bond acceptors (Lipinski definition) is 7. The van der Waals surface area contributed by atoms with Crippen molar-refractivity contribution in [1.82, 2.24) is 9.97 Å². The van der Waals surface area contributed by atoms with Crippen LogP contribution in [-0.4, -0.2) is 14.9 Å². The SMILES string of the molecule is Cc1ccc(OCc2cnc(N)s2)c([N+](=O)[O-])n1. The number of nitrogen functional groups attached to an aromatic ring is 1. The van der Waals surface area contributed by atoms with E-state index >= 15 is 0 Å². The zero-order chi connectivity index (χ0) is 13.1. The van der Waals surface area contributed by atoms with Gasteiger partial charge in [-0.15, -0.1) is 0 Å². The van der Waals surface area contributed by atoms with E-state index in [4.69, 9.17) is 10.5 Å². The number of thiazole rings is 1. The highest BCUT2D eigenvalue weighted by Gasteiger charge is 2.17. The molecule has 8 heteroatoms. The van der Waals surface area contributed by atoms with Crippen LogP contribution >= 0.6 is 11.3 Å². The molecule has 0 fully saturated rings. The molecule has 0 aliphatic rings. The number of rotatable bonds is 4. The molecular formula is C10H10N4O3S. The maximum absolute atomic E-state index is 10.8. The molecule has 0 spiro atoms. The van der Waals surface area contributed by atoms with Gasteiger partial charge < -0.3 is 20.6 Å². The van der Waals surface area contributed by atoms with Crippen LogP contribution in [0.5, 0.6) is 5.75 Å². The first-order valence-corrected chi connectivity index (χ1v) is 5.83. The van der Waals surface area contributed by atoms with Crippen LogP contribution in [0.1, 0.15) is 10.6 Å². The van der Waals surface area contributed by atoms with Crippen molar-refractivity contribution in [2.75, 3.05) is 5.73 Å². The summed E-state index contributed by atoms with van der Waals surface area (Å²) in [6.45, 7) is 1.86. The minimum absolute atomic E-state index is 0.137. The van der Waals surface area contributed by atoms with Crippen LogP contribution in [0.4, 0.5) is 10.9 Å². The fraction of sp³-hybridized carbons (Fsp3) is 0.200. The molecule has 94 valence electrons. The molecule has 0 aromatic carbocycles. The monoisotopic (exact) mass is 266 g/mol. The van der Waals surface area contributed by atoms with E-state index < -0.39 is 4.92 Å². The summed E-state index contributed by atoms with van der Waals surface area (Å²) >= 11 is 1.28. The van der Waals surface area contributed by atoms with Gasteiger partial charge in [0.15, 0.2) is 5.13 Å². The topological polar surface area (TPSA) is 104 Å². The lowest BCUT2D eigenvalue weighted by molar-refractivity contribution is -0.390. The average molecular weight is 266 g/mol. The Bertz CT molecular complexity index is 584. The fourth-order valence-corrected chi connectivity index (χ4v) is 1.91. The van der Waals surface area contributed by atoms with Gasteiger partial charge in [-0.1, -0.05) is 11.3 Å². The molecule has 0 unspecified atom stereocenters. The first-order chi connectivity index (χ1) is 8.56. The van der Waals surface area contributed by atoms with Crippen molar-refractivity contribution in [2.45, 2.75) is 13.5 Å². The quantitative estimate of drug-likeness (QED) is 0.669. The minimum atomic E-state index is -0.566. The third-order valence-corrected chi connectivity index (χ3v) is 2.89. The molecule has 2 heterocycles. The van der Waals surface area contributed by atoms with Crippen molar-refractivity contribution in [3.05, 3.63) is 39.0 Å². The number of nitro groups is 1. The summed E-state index contributed by atoms with van der Waals surface area (Å²) in [5.41, 5.74) is 6.04. The van der Waals surface area contributed by atoms with Gasteiger partial charge in [0.2, 0.25) is 5.75 Å². The zero-order valence-electron chi connectivity index (χ0n) is 9.49. The maximum Gasteiger partial charge on any atom is 0.406 e. The Balaban J connectivity index is 2.16. The summed E-state index contributed by atoms with van der Waals surface area (Å²) in [6, 6.07) is 3.19. The highest BCUT2D eigenvalue weighted by Crippen LogP contribution is 2.26. The molecule has 0 aliphatic heterocycles. The van der Waals surface area contributed by atoms with E-state index in [0.29, 0.717) is 10.8 Å². The molecule has 2 rings (SSSR count). The third-order valence-electron chi connectivity index (χ3n) is 2.09. The summed E-state index contributed by atoms with van der Waals surface area (Å²) in [5, 5.41) is 11.3. The van der Waals surface area contributed by atoms with Crippen LogP contribution in [0, 0.1) is 17.0 Å². The van der Waals surface area contributed by atoms with Gasteiger partial charge in [0.05, 0.1) is 4.88 Å². The molecular weight excluding hydrogens is 256 g/mol. The van der Waals surface area contributed by atoms with E-state index in [1.165, 1.54) is 17.4 Å². The molecule has 2 aromatic heterocycles. The summed E-state index contributed by atoms with van der Waals surface area (Å²) in [4.78, 5) is 18.7. The smallest absolute Gasteiger partial charge is 0.406 e. The lowest BCUT2D eigenvalue weighted by Crippen LogP contribution is -2.00. The summed E-state index contributed by atoms with van der Waals surface area (Å²) in [6.07, 6.45) is 1.58. The van der Waals surface area contributed by atoms with Crippen molar-refractivity contribution in [3.8, 4) is 5.75 Å². The van der Waals surface area contributed by atoms with Gasteiger partial charge in [0.1, 0.15) is 12.3 Å². The second-order valence-electron chi connectivity index (χ2n) is 3.48. The molecule has 0 atom stereocenters. The molecule has 7 nitrogen and oxygen atoms in total. The number of ether oxygens (including phenoxy) is 1. The lowest BCUT2D eigenvalue weighted by atomic mass is 10.3. The van der Waals surface area contributed by atoms with Crippen molar-refractivity contribution in [3.63, 3.8) is 0 Å². The maximum atomic E-state index is 10.8. The van der Waals surface area contributed by atoms with E-state index in [0.717, 1.165) is 4.88 Å². The minimum Gasteiger partial charge on any atom is -0.480 e. The van der Waals surface area contributed by atoms with Crippen LogP contribution in [0.3, 0.4) is 0 Å². The van der Waals surface area contributed by atoms with Gasteiger partial charge in [-0.2, -0.15) is 0 Å². The Hall–Kier alpha value is -2.22. The van der Waals surface area contributed by atoms with Crippen LogP contribution in [-0.2, 0) is 6.61 Å². The Kier molecular flexibility index (Phi) is 3.38. The highest BCUT2D eigenvalue weighted by molar-refractivity contribution is 7.15. The third kappa shape index (κ3) is 2.72. The van der Waals surface area contributed by atoms with E-state index in [9.17, 15) is 10.1 Å². The van der Waals surface area contributed by atoms with Gasteiger partial charge in [0, 0.05) is 13.1 Å². The van der Waals surface area contributed by atoms with Gasteiger partial charge in [-0.3, -0.25) is 0 Å². The number of pyridine rings is 1. The molecule has 0 amide bonds. The van der Waals surface area contributed by atoms with Crippen LogP contribution < -0.4 is 10.5 Å². The van der Waals surface area contributed by atoms with Crippen LogP contribution in [0.2, 0.25) is 0 Å². The first kappa shape index (κ1) is 12.2. The summed E-state index contributed by atoms with van der Waals surface area (Å²) < 4.78 is 5.36. The largest absolute Gasteiger partial charge is 0.480 e. The molecule has 0 aliphatic carbocycles. The second kappa shape index (κ2) is 4.96. The predicted octanol–water partition coefficient (Wildman–Crippen LogP) is 1.92. The fourth-order valence-electron chi connectivity index (χ4n) is 1.31. The van der Waals surface area contributed by atoms with Crippen LogP contribution in [0.15, 0.2) is 18.3 Å². The average Bonchev–Trinajstić information content (AvgIpc) is 2.73. The number of nitrogens with two attached hydrogens (primary N) is 1. The van der Waals surface area contributed by atoms with E-state index in [1.54, 1.807) is 19.2 Å². The molecule has 2 aromatic rings.